The normalized spacial score (nSPS) is 28.6. The molecule has 2 rings (SSSR count). The van der Waals surface area contributed by atoms with Crippen LogP contribution in [0.3, 0.4) is 0 Å². The lowest BCUT2D eigenvalue weighted by atomic mass is 10.2. The van der Waals surface area contributed by atoms with E-state index in [0.29, 0.717) is 12.6 Å². The highest BCUT2D eigenvalue weighted by molar-refractivity contribution is 4.67. The van der Waals surface area contributed by atoms with Crippen molar-refractivity contribution in [3.63, 3.8) is 0 Å². The van der Waals surface area contributed by atoms with Crippen molar-refractivity contribution < 1.29 is 4.74 Å². The fourth-order valence-electron chi connectivity index (χ4n) is 1.01. The predicted octanol–water partition coefficient (Wildman–Crippen LogP) is 0.104. The molecule has 2 saturated heterocycles. The molecule has 3 N–H and O–H groups in total. The fourth-order valence-corrected chi connectivity index (χ4v) is 1.01. The van der Waals surface area contributed by atoms with E-state index in [2.05, 4.69) is 5.32 Å². The molecule has 0 radical (unpaired) electrons. The first-order valence-electron chi connectivity index (χ1n) is 4.46. The van der Waals surface area contributed by atoms with E-state index >= 15 is 0 Å². The molecule has 2 aliphatic heterocycles. The summed E-state index contributed by atoms with van der Waals surface area (Å²) < 4.78 is 4.73. The lowest BCUT2D eigenvalue weighted by molar-refractivity contribution is 0.412. The predicted molar refractivity (Wildman–Crippen MR) is 45.5 cm³/mol. The third kappa shape index (κ3) is 5.18. The number of nitrogens with one attached hydrogen (secondary N) is 1. The number of ether oxygens (including phenoxy) is 1. The summed E-state index contributed by atoms with van der Waals surface area (Å²) in [4.78, 5) is 0. The molecule has 2 fully saturated rings. The first-order valence-corrected chi connectivity index (χ1v) is 4.46. The minimum Gasteiger partial charge on any atom is -0.372 e. The van der Waals surface area contributed by atoms with E-state index in [1.54, 1.807) is 0 Å². The van der Waals surface area contributed by atoms with Gasteiger partial charge >= 0.3 is 0 Å². The molecule has 0 amide bonds. The Hall–Kier alpha value is -0.120. The van der Waals surface area contributed by atoms with Crippen LogP contribution in [0.25, 0.3) is 0 Å². The highest BCUT2D eigenvalue weighted by Crippen LogP contribution is 2.03. The van der Waals surface area contributed by atoms with Crippen LogP contribution >= 0.6 is 0 Å². The van der Waals surface area contributed by atoms with Crippen LogP contribution in [-0.2, 0) is 4.74 Å². The number of nitrogens with two attached hydrogens (primary N) is 1. The number of hydrogen-bond donors (Lipinski definition) is 2. The minimum atomic E-state index is 0.412. The van der Waals surface area contributed by atoms with Crippen molar-refractivity contribution in [1.29, 1.82) is 0 Å². The summed E-state index contributed by atoms with van der Waals surface area (Å²) in [6.07, 6.45) is 4.63. The molecular formula is C8H18N2O. The molecule has 1 unspecified atom stereocenters. The van der Waals surface area contributed by atoms with E-state index in [4.69, 9.17) is 10.5 Å². The van der Waals surface area contributed by atoms with Gasteiger partial charge in [0, 0.05) is 6.54 Å². The second-order valence-corrected chi connectivity index (χ2v) is 3.00. The smallest absolute Gasteiger partial charge is 0.0931 e. The maximum atomic E-state index is 5.11. The average molecular weight is 158 g/mol. The maximum Gasteiger partial charge on any atom is 0.0931 e. The van der Waals surface area contributed by atoms with Crippen molar-refractivity contribution >= 4 is 0 Å². The molecule has 11 heavy (non-hydrogen) atoms. The van der Waals surface area contributed by atoms with Crippen LogP contribution in [0.2, 0.25) is 0 Å². The second kappa shape index (κ2) is 5.52. The standard InChI is InChI=1S/C5H11N.C3H7NO/c1-2-4-6-5-3-1;4-1-3-2-5-3/h6H,1-5H2;3H,1-2,4H2. The zero-order chi connectivity index (χ0) is 7.94. The van der Waals surface area contributed by atoms with Crippen LogP contribution in [-0.4, -0.2) is 32.3 Å². The molecule has 2 aliphatic rings. The monoisotopic (exact) mass is 158 g/mol. The Morgan fingerprint density at radius 1 is 1.27 bits per heavy atom. The van der Waals surface area contributed by atoms with Crippen LogP contribution < -0.4 is 11.1 Å². The molecule has 0 aromatic heterocycles. The van der Waals surface area contributed by atoms with Gasteiger partial charge < -0.3 is 15.8 Å². The highest BCUT2D eigenvalue weighted by Gasteiger charge is 2.18. The Bertz CT molecular complexity index is 78.6. The average Bonchev–Trinajstić information content (AvgIpc) is 2.91. The quantitative estimate of drug-likeness (QED) is 0.532. The van der Waals surface area contributed by atoms with E-state index in [9.17, 15) is 0 Å². The van der Waals surface area contributed by atoms with E-state index in [1.807, 2.05) is 0 Å². The van der Waals surface area contributed by atoms with Crippen molar-refractivity contribution in [3.8, 4) is 0 Å². The van der Waals surface area contributed by atoms with Gasteiger partial charge in [-0.05, 0) is 25.9 Å². The van der Waals surface area contributed by atoms with Gasteiger partial charge in [0.2, 0.25) is 0 Å². The molecule has 3 nitrogen and oxygen atoms in total. The number of hydrogen-bond acceptors (Lipinski definition) is 3. The summed E-state index contributed by atoms with van der Waals surface area (Å²) in [6, 6.07) is 0. The van der Waals surface area contributed by atoms with Gasteiger partial charge in [0.05, 0.1) is 12.7 Å². The highest BCUT2D eigenvalue weighted by atomic mass is 16.6. The third-order valence-electron chi connectivity index (χ3n) is 1.87. The maximum absolute atomic E-state index is 5.11. The summed E-state index contributed by atoms with van der Waals surface area (Å²) >= 11 is 0. The second-order valence-electron chi connectivity index (χ2n) is 3.00. The lowest BCUT2D eigenvalue weighted by Gasteiger charge is -2.08. The van der Waals surface area contributed by atoms with Gasteiger partial charge in [0.1, 0.15) is 0 Å². The van der Waals surface area contributed by atoms with Crippen LogP contribution in [0, 0.1) is 0 Å². The van der Waals surface area contributed by atoms with Crippen molar-refractivity contribution in [3.05, 3.63) is 0 Å². The first kappa shape index (κ1) is 8.97. The zero-order valence-electron chi connectivity index (χ0n) is 7.01. The molecule has 0 saturated carbocycles. The Labute approximate surface area is 68.3 Å². The van der Waals surface area contributed by atoms with Crippen molar-refractivity contribution in [1.82, 2.24) is 5.32 Å². The summed E-state index contributed by atoms with van der Waals surface area (Å²) in [7, 11) is 0. The Morgan fingerprint density at radius 2 is 1.91 bits per heavy atom. The Balaban J connectivity index is 0.000000112. The first-order chi connectivity index (χ1) is 5.43. The van der Waals surface area contributed by atoms with Crippen LogP contribution in [0.15, 0.2) is 0 Å². The molecule has 0 aromatic carbocycles. The number of epoxide rings is 1. The fraction of sp³-hybridized carbons (Fsp3) is 1.00. The van der Waals surface area contributed by atoms with Crippen molar-refractivity contribution in [2.75, 3.05) is 26.2 Å². The molecule has 1 atom stereocenters. The molecule has 2 heterocycles. The summed E-state index contributed by atoms with van der Waals surface area (Å²) in [5.41, 5.74) is 5.11. The zero-order valence-corrected chi connectivity index (χ0v) is 7.01. The molecule has 0 aliphatic carbocycles. The van der Waals surface area contributed by atoms with Crippen molar-refractivity contribution in [2.45, 2.75) is 25.4 Å². The van der Waals surface area contributed by atoms with Crippen LogP contribution in [0.5, 0.6) is 0 Å². The minimum absolute atomic E-state index is 0.412. The number of rotatable bonds is 1. The van der Waals surface area contributed by atoms with Gasteiger partial charge in [-0.2, -0.15) is 0 Å². The van der Waals surface area contributed by atoms with Gasteiger partial charge in [-0.1, -0.05) is 6.42 Å². The SMILES string of the molecule is C1CCNCC1.NCC1CO1. The summed E-state index contributed by atoms with van der Waals surface area (Å²) in [5.74, 6) is 0. The van der Waals surface area contributed by atoms with E-state index < -0.39 is 0 Å². The molecule has 0 aromatic rings. The topological polar surface area (TPSA) is 50.6 Å². The van der Waals surface area contributed by atoms with Crippen LogP contribution in [0.4, 0.5) is 0 Å². The molecule has 0 bridgehead atoms. The van der Waals surface area contributed by atoms with E-state index in [-0.39, 0.29) is 0 Å². The Morgan fingerprint density at radius 3 is 2.00 bits per heavy atom. The van der Waals surface area contributed by atoms with E-state index in [1.165, 1.54) is 32.4 Å². The van der Waals surface area contributed by atoms with Gasteiger partial charge in [0.25, 0.3) is 0 Å². The van der Waals surface area contributed by atoms with Gasteiger partial charge in [-0.3, -0.25) is 0 Å². The molecule has 3 heteroatoms. The summed E-state index contributed by atoms with van der Waals surface area (Å²) in [5, 5.41) is 3.28. The number of piperidine rings is 1. The van der Waals surface area contributed by atoms with Gasteiger partial charge in [0.15, 0.2) is 0 Å². The third-order valence-corrected chi connectivity index (χ3v) is 1.87. The lowest BCUT2D eigenvalue weighted by Crippen LogP contribution is -2.21. The van der Waals surface area contributed by atoms with E-state index in [0.717, 1.165) is 6.61 Å². The van der Waals surface area contributed by atoms with Crippen LogP contribution in [0.1, 0.15) is 19.3 Å². The Kier molecular flexibility index (Phi) is 4.50. The molecule has 0 spiro atoms. The van der Waals surface area contributed by atoms with Crippen molar-refractivity contribution in [2.24, 2.45) is 5.73 Å². The summed E-state index contributed by atoms with van der Waals surface area (Å²) in [6.45, 7) is 4.08. The van der Waals surface area contributed by atoms with Gasteiger partial charge in [-0.25, -0.2) is 0 Å². The largest absolute Gasteiger partial charge is 0.372 e. The van der Waals surface area contributed by atoms with Gasteiger partial charge in [-0.15, -0.1) is 0 Å². The molecule has 66 valence electrons. The molecular weight excluding hydrogens is 140 g/mol.